The lowest BCUT2D eigenvalue weighted by Gasteiger charge is -2.02. The molecule has 0 fully saturated rings. The maximum absolute atomic E-state index is 12.3. The molecule has 0 saturated carbocycles. The number of hydrogen-bond acceptors (Lipinski definition) is 5. The standard InChI is InChI=1S/C21H15N5O3/c27-21(25-22-13-14-5-3-8-16(11-14)26(28)29)20-12-19(23-24-20)18-10-4-7-15-6-1-2-9-17(15)18/h1-13H,(H,23,24)(H,25,27)/b22-13+. The molecule has 4 aromatic rings. The minimum Gasteiger partial charge on any atom is -0.272 e. The SMILES string of the molecule is O=C(N/N=C/c1cccc([N+](=O)[O-])c1)c1cc(-c2cccc3ccccc23)n[nH]1. The number of nitro groups is 1. The van der Waals surface area contributed by atoms with Crippen LogP contribution in [-0.2, 0) is 0 Å². The summed E-state index contributed by atoms with van der Waals surface area (Å²) in [7, 11) is 0. The van der Waals surface area contributed by atoms with Crippen molar-refractivity contribution in [2.75, 3.05) is 0 Å². The van der Waals surface area contributed by atoms with Gasteiger partial charge in [0.25, 0.3) is 11.6 Å². The smallest absolute Gasteiger partial charge is 0.272 e. The number of rotatable bonds is 5. The normalized spacial score (nSPS) is 11.0. The van der Waals surface area contributed by atoms with Crippen molar-refractivity contribution in [1.82, 2.24) is 15.6 Å². The van der Waals surface area contributed by atoms with Crippen LogP contribution in [0.15, 0.2) is 77.9 Å². The predicted octanol–water partition coefficient (Wildman–Crippen LogP) is 3.90. The Morgan fingerprint density at radius 2 is 1.86 bits per heavy atom. The van der Waals surface area contributed by atoms with E-state index in [4.69, 9.17) is 0 Å². The summed E-state index contributed by atoms with van der Waals surface area (Å²) >= 11 is 0. The van der Waals surface area contributed by atoms with Crippen LogP contribution in [0.25, 0.3) is 22.0 Å². The number of fused-ring (bicyclic) bond motifs is 1. The summed E-state index contributed by atoms with van der Waals surface area (Å²) in [5, 5.41) is 23.7. The average molecular weight is 385 g/mol. The summed E-state index contributed by atoms with van der Waals surface area (Å²) in [5.41, 5.74) is 4.66. The van der Waals surface area contributed by atoms with Gasteiger partial charge in [-0.05, 0) is 16.8 Å². The van der Waals surface area contributed by atoms with Crippen LogP contribution >= 0.6 is 0 Å². The van der Waals surface area contributed by atoms with Crippen LogP contribution < -0.4 is 5.43 Å². The monoisotopic (exact) mass is 385 g/mol. The van der Waals surface area contributed by atoms with Gasteiger partial charge >= 0.3 is 0 Å². The first-order chi connectivity index (χ1) is 14.1. The van der Waals surface area contributed by atoms with E-state index in [-0.39, 0.29) is 11.4 Å². The van der Waals surface area contributed by atoms with Gasteiger partial charge < -0.3 is 0 Å². The maximum atomic E-state index is 12.3. The van der Waals surface area contributed by atoms with Crippen LogP contribution in [0.3, 0.4) is 0 Å². The average Bonchev–Trinajstić information content (AvgIpc) is 3.23. The third-order valence-electron chi connectivity index (χ3n) is 4.35. The van der Waals surface area contributed by atoms with E-state index in [1.807, 2.05) is 42.5 Å². The lowest BCUT2D eigenvalue weighted by Crippen LogP contribution is -2.18. The highest BCUT2D eigenvalue weighted by molar-refractivity contribution is 5.98. The number of aromatic nitrogens is 2. The second-order valence-electron chi connectivity index (χ2n) is 6.24. The number of nitro benzene ring substituents is 1. The van der Waals surface area contributed by atoms with Gasteiger partial charge in [0.2, 0.25) is 0 Å². The van der Waals surface area contributed by atoms with E-state index in [0.29, 0.717) is 11.3 Å². The molecular formula is C21H15N5O3. The minimum absolute atomic E-state index is 0.0476. The fourth-order valence-corrected chi connectivity index (χ4v) is 2.97. The zero-order chi connectivity index (χ0) is 20.2. The minimum atomic E-state index is -0.491. The van der Waals surface area contributed by atoms with Crippen LogP contribution in [0.2, 0.25) is 0 Å². The number of carbonyl (C=O) groups excluding carboxylic acids is 1. The quantitative estimate of drug-likeness (QED) is 0.308. The van der Waals surface area contributed by atoms with Crippen LogP contribution in [-0.4, -0.2) is 27.2 Å². The Bertz CT molecular complexity index is 1240. The van der Waals surface area contributed by atoms with E-state index < -0.39 is 10.8 Å². The van der Waals surface area contributed by atoms with E-state index >= 15 is 0 Å². The maximum Gasteiger partial charge on any atom is 0.289 e. The molecule has 0 aliphatic carbocycles. The number of nitrogens with zero attached hydrogens (tertiary/aromatic N) is 3. The van der Waals surface area contributed by atoms with Gasteiger partial charge in [0.05, 0.1) is 16.8 Å². The van der Waals surface area contributed by atoms with Crippen molar-refractivity contribution in [3.8, 4) is 11.3 Å². The lowest BCUT2D eigenvalue weighted by molar-refractivity contribution is -0.384. The van der Waals surface area contributed by atoms with Gasteiger partial charge in [-0.3, -0.25) is 20.0 Å². The topological polar surface area (TPSA) is 113 Å². The summed E-state index contributed by atoms with van der Waals surface area (Å²) in [6, 6.07) is 21.4. The Balaban J connectivity index is 1.50. The number of carbonyl (C=O) groups is 1. The first-order valence-electron chi connectivity index (χ1n) is 8.73. The molecule has 0 unspecified atom stereocenters. The molecule has 8 nitrogen and oxygen atoms in total. The molecule has 1 heterocycles. The fourth-order valence-electron chi connectivity index (χ4n) is 2.97. The van der Waals surface area contributed by atoms with Crippen LogP contribution in [0.1, 0.15) is 16.1 Å². The van der Waals surface area contributed by atoms with Gasteiger partial charge in [0.15, 0.2) is 0 Å². The molecule has 4 rings (SSSR count). The fraction of sp³-hybridized carbons (Fsp3) is 0. The first-order valence-corrected chi connectivity index (χ1v) is 8.73. The van der Waals surface area contributed by atoms with Crippen molar-refractivity contribution in [3.05, 3.63) is 94.2 Å². The number of aromatic amines is 1. The summed E-state index contributed by atoms with van der Waals surface area (Å²) < 4.78 is 0. The van der Waals surface area contributed by atoms with Crippen molar-refractivity contribution in [1.29, 1.82) is 0 Å². The van der Waals surface area contributed by atoms with Gasteiger partial charge in [-0.15, -0.1) is 0 Å². The molecule has 0 atom stereocenters. The molecule has 0 aliphatic heterocycles. The van der Waals surface area contributed by atoms with Crippen molar-refractivity contribution < 1.29 is 9.72 Å². The number of hydrogen-bond donors (Lipinski definition) is 2. The first kappa shape index (κ1) is 18.1. The number of amides is 1. The summed E-state index contributed by atoms with van der Waals surface area (Å²) in [6.45, 7) is 0. The van der Waals surface area contributed by atoms with Crippen molar-refractivity contribution in [3.63, 3.8) is 0 Å². The molecule has 0 bridgehead atoms. The molecule has 0 saturated heterocycles. The summed E-state index contributed by atoms with van der Waals surface area (Å²) in [5.74, 6) is -0.467. The summed E-state index contributed by atoms with van der Waals surface area (Å²) in [6.07, 6.45) is 1.34. The Kier molecular flexibility index (Phi) is 4.81. The van der Waals surface area contributed by atoms with Crippen LogP contribution in [0, 0.1) is 10.1 Å². The molecule has 0 spiro atoms. The molecule has 1 aromatic heterocycles. The number of benzene rings is 3. The molecular weight excluding hydrogens is 370 g/mol. The van der Waals surface area contributed by atoms with E-state index in [9.17, 15) is 14.9 Å². The summed E-state index contributed by atoms with van der Waals surface area (Å²) in [4.78, 5) is 22.6. The highest BCUT2D eigenvalue weighted by Gasteiger charge is 2.12. The number of nitrogens with one attached hydrogen (secondary N) is 2. The highest BCUT2D eigenvalue weighted by atomic mass is 16.6. The van der Waals surface area contributed by atoms with E-state index in [2.05, 4.69) is 20.7 Å². The Hall–Kier alpha value is -4.33. The Morgan fingerprint density at radius 3 is 2.72 bits per heavy atom. The molecule has 3 aromatic carbocycles. The van der Waals surface area contributed by atoms with E-state index in [1.54, 1.807) is 18.2 Å². The van der Waals surface area contributed by atoms with Gasteiger partial charge in [0.1, 0.15) is 5.69 Å². The molecule has 142 valence electrons. The van der Waals surface area contributed by atoms with Crippen molar-refractivity contribution >= 4 is 28.6 Å². The number of hydrazone groups is 1. The second kappa shape index (κ2) is 7.73. The van der Waals surface area contributed by atoms with E-state index in [0.717, 1.165) is 16.3 Å². The Morgan fingerprint density at radius 1 is 1.07 bits per heavy atom. The molecule has 1 amide bonds. The number of non-ortho nitro benzene ring substituents is 1. The molecule has 2 N–H and O–H groups in total. The van der Waals surface area contributed by atoms with Gasteiger partial charge in [0, 0.05) is 23.3 Å². The van der Waals surface area contributed by atoms with Gasteiger partial charge in [-0.2, -0.15) is 10.2 Å². The lowest BCUT2D eigenvalue weighted by atomic mass is 10.0. The zero-order valence-corrected chi connectivity index (χ0v) is 15.1. The highest BCUT2D eigenvalue weighted by Crippen LogP contribution is 2.27. The van der Waals surface area contributed by atoms with Crippen molar-refractivity contribution in [2.24, 2.45) is 5.10 Å². The second-order valence-corrected chi connectivity index (χ2v) is 6.24. The third-order valence-corrected chi connectivity index (χ3v) is 4.35. The van der Waals surface area contributed by atoms with Crippen LogP contribution in [0.4, 0.5) is 5.69 Å². The Labute approximate surface area is 165 Å². The molecule has 0 radical (unpaired) electrons. The largest absolute Gasteiger partial charge is 0.289 e. The van der Waals surface area contributed by atoms with E-state index in [1.165, 1.54) is 18.3 Å². The third kappa shape index (κ3) is 3.86. The zero-order valence-electron chi connectivity index (χ0n) is 15.1. The molecule has 29 heavy (non-hydrogen) atoms. The predicted molar refractivity (Wildman–Crippen MR) is 110 cm³/mol. The van der Waals surface area contributed by atoms with Gasteiger partial charge in [-0.1, -0.05) is 54.6 Å². The van der Waals surface area contributed by atoms with Gasteiger partial charge in [-0.25, -0.2) is 5.43 Å². The van der Waals surface area contributed by atoms with Crippen molar-refractivity contribution in [2.45, 2.75) is 0 Å². The molecule has 8 heteroatoms. The molecule has 0 aliphatic rings. The van der Waals surface area contributed by atoms with Crippen LogP contribution in [0.5, 0.6) is 0 Å². The number of H-pyrrole nitrogens is 1.